The van der Waals surface area contributed by atoms with Crippen LogP contribution in [0.1, 0.15) is 6.92 Å². The molecule has 1 rings (SSSR count). The predicted octanol–water partition coefficient (Wildman–Crippen LogP) is 1.08. The summed E-state index contributed by atoms with van der Waals surface area (Å²) < 4.78 is 0. The third-order valence-corrected chi connectivity index (χ3v) is 1.07. The minimum absolute atomic E-state index is 0.892. The Labute approximate surface area is 55.0 Å². The van der Waals surface area contributed by atoms with Crippen molar-refractivity contribution < 1.29 is 0 Å². The number of aliphatic imine (C=N–C) groups is 1. The fourth-order valence-electron chi connectivity index (χ4n) is 0.671. The summed E-state index contributed by atoms with van der Waals surface area (Å²) in [7, 11) is 0. The number of nitrogens with zero attached hydrogens (tertiary/aromatic N) is 1. The quantitative estimate of drug-likeness (QED) is 0.553. The van der Waals surface area contributed by atoms with Gasteiger partial charge in [-0.1, -0.05) is 6.08 Å². The standard InChI is InChI=1S/C7H10N2/c1-2-3-7-4-5-8-6-9-7/h2-4,6H,5H2,1H3,(H,8,9)/b3-2-. The first-order valence-electron chi connectivity index (χ1n) is 3.02. The lowest BCUT2D eigenvalue weighted by Crippen LogP contribution is -2.14. The Hall–Kier alpha value is -1.05. The molecule has 2 nitrogen and oxygen atoms in total. The maximum atomic E-state index is 4.06. The first-order chi connectivity index (χ1) is 4.43. The first kappa shape index (κ1) is 6.08. The molecule has 0 aromatic heterocycles. The molecule has 0 atom stereocenters. The van der Waals surface area contributed by atoms with Crippen LogP contribution in [0, 0.1) is 0 Å². The Morgan fingerprint density at radius 2 is 2.67 bits per heavy atom. The van der Waals surface area contributed by atoms with Crippen LogP contribution >= 0.6 is 0 Å². The summed E-state index contributed by atoms with van der Waals surface area (Å²) in [5, 5.41) is 2.97. The summed E-state index contributed by atoms with van der Waals surface area (Å²) in [5.74, 6) is 0. The fraction of sp³-hybridized carbons (Fsp3) is 0.286. The highest BCUT2D eigenvalue weighted by Crippen LogP contribution is 1.98. The second kappa shape index (κ2) is 3.07. The average Bonchev–Trinajstić information content (AvgIpc) is 1.91. The number of rotatable bonds is 1. The average molecular weight is 122 g/mol. The van der Waals surface area contributed by atoms with Gasteiger partial charge in [0.05, 0.1) is 12.0 Å². The van der Waals surface area contributed by atoms with E-state index in [2.05, 4.69) is 10.3 Å². The number of hydrogen-bond acceptors (Lipinski definition) is 2. The van der Waals surface area contributed by atoms with E-state index in [0.29, 0.717) is 0 Å². The molecule has 0 saturated heterocycles. The lowest BCUT2D eigenvalue weighted by molar-refractivity contribution is 1.02. The first-order valence-corrected chi connectivity index (χ1v) is 3.02. The smallest absolute Gasteiger partial charge is 0.0888 e. The van der Waals surface area contributed by atoms with Crippen molar-refractivity contribution in [2.24, 2.45) is 4.99 Å². The molecule has 1 N–H and O–H groups in total. The van der Waals surface area contributed by atoms with Gasteiger partial charge in [0.15, 0.2) is 0 Å². The van der Waals surface area contributed by atoms with Gasteiger partial charge < -0.3 is 5.32 Å². The largest absolute Gasteiger partial charge is 0.373 e. The molecule has 48 valence electrons. The van der Waals surface area contributed by atoms with Crippen molar-refractivity contribution in [3.8, 4) is 0 Å². The number of hydrogen-bond donors (Lipinski definition) is 1. The van der Waals surface area contributed by atoms with E-state index in [9.17, 15) is 0 Å². The van der Waals surface area contributed by atoms with Crippen molar-refractivity contribution in [3.63, 3.8) is 0 Å². The van der Waals surface area contributed by atoms with Gasteiger partial charge in [0.25, 0.3) is 0 Å². The van der Waals surface area contributed by atoms with Crippen molar-refractivity contribution in [2.75, 3.05) is 6.54 Å². The summed E-state index contributed by atoms with van der Waals surface area (Å²) in [4.78, 5) is 4.06. The minimum atomic E-state index is 0.892. The van der Waals surface area contributed by atoms with Crippen molar-refractivity contribution >= 4 is 6.34 Å². The van der Waals surface area contributed by atoms with E-state index < -0.39 is 0 Å². The molecule has 0 unspecified atom stereocenters. The Kier molecular flexibility index (Phi) is 2.07. The Morgan fingerprint density at radius 3 is 3.22 bits per heavy atom. The molecule has 1 aliphatic rings. The molecule has 1 heterocycles. The number of allylic oxidation sites excluding steroid dienone is 2. The maximum Gasteiger partial charge on any atom is 0.0888 e. The predicted molar refractivity (Wildman–Crippen MR) is 39.4 cm³/mol. The van der Waals surface area contributed by atoms with Gasteiger partial charge in [0.2, 0.25) is 0 Å². The summed E-state index contributed by atoms with van der Waals surface area (Å²) in [6.07, 6.45) is 7.72. The lowest BCUT2D eigenvalue weighted by atomic mass is 10.3. The molecule has 0 radical (unpaired) electrons. The highest BCUT2D eigenvalue weighted by Gasteiger charge is 1.89. The van der Waals surface area contributed by atoms with E-state index >= 15 is 0 Å². The maximum absolute atomic E-state index is 4.06. The molecule has 1 aliphatic heterocycles. The fourth-order valence-corrected chi connectivity index (χ4v) is 0.671. The van der Waals surface area contributed by atoms with E-state index in [0.717, 1.165) is 12.2 Å². The summed E-state index contributed by atoms with van der Waals surface area (Å²) in [5.41, 5.74) is 1.04. The van der Waals surface area contributed by atoms with E-state index in [1.807, 2.05) is 25.2 Å². The highest BCUT2D eigenvalue weighted by atomic mass is 15.0. The normalized spacial score (nSPS) is 17.7. The zero-order valence-electron chi connectivity index (χ0n) is 5.46. The Balaban J connectivity index is 2.58. The third-order valence-electron chi connectivity index (χ3n) is 1.07. The summed E-state index contributed by atoms with van der Waals surface area (Å²) in [6, 6.07) is 0. The van der Waals surface area contributed by atoms with Gasteiger partial charge in [-0.2, -0.15) is 0 Å². The van der Waals surface area contributed by atoms with Crippen LogP contribution in [0.5, 0.6) is 0 Å². The second-order valence-corrected chi connectivity index (χ2v) is 1.80. The van der Waals surface area contributed by atoms with E-state index in [1.54, 1.807) is 6.34 Å². The molecule has 0 fully saturated rings. The van der Waals surface area contributed by atoms with E-state index in [1.165, 1.54) is 0 Å². The van der Waals surface area contributed by atoms with Gasteiger partial charge in [-0.15, -0.1) is 0 Å². The molecular weight excluding hydrogens is 112 g/mol. The van der Waals surface area contributed by atoms with Crippen molar-refractivity contribution in [1.29, 1.82) is 0 Å². The Morgan fingerprint density at radius 1 is 1.78 bits per heavy atom. The monoisotopic (exact) mass is 122 g/mol. The zero-order chi connectivity index (χ0) is 6.53. The van der Waals surface area contributed by atoms with E-state index in [-0.39, 0.29) is 0 Å². The van der Waals surface area contributed by atoms with Crippen LogP contribution < -0.4 is 5.32 Å². The number of nitrogens with one attached hydrogen (secondary N) is 1. The molecule has 0 saturated carbocycles. The third kappa shape index (κ3) is 1.72. The highest BCUT2D eigenvalue weighted by molar-refractivity contribution is 5.59. The summed E-state index contributed by atoms with van der Waals surface area (Å²) >= 11 is 0. The molecule has 0 bridgehead atoms. The second-order valence-electron chi connectivity index (χ2n) is 1.80. The van der Waals surface area contributed by atoms with E-state index in [4.69, 9.17) is 0 Å². The zero-order valence-corrected chi connectivity index (χ0v) is 5.46. The van der Waals surface area contributed by atoms with Gasteiger partial charge in [-0.3, -0.25) is 0 Å². The van der Waals surface area contributed by atoms with Crippen LogP contribution in [0.4, 0.5) is 0 Å². The van der Waals surface area contributed by atoms with Crippen LogP contribution in [0.2, 0.25) is 0 Å². The molecule has 0 amide bonds. The van der Waals surface area contributed by atoms with Crippen molar-refractivity contribution in [3.05, 3.63) is 23.9 Å². The SMILES string of the molecule is C/C=C\C1=CCNC=N1. The van der Waals surface area contributed by atoms with Gasteiger partial charge >= 0.3 is 0 Å². The topological polar surface area (TPSA) is 24.4 Å². The molecule has 0 aromatic carbocycles. The Bertz CT molecular complexity index is 162. The molecular formula is C7H10N2. The van der Waals surface area contributed by atoms with Gasteiger partial charge in [-0.05, 0) is 19.1 Å². The minimum Gasteiger partial charge on any atom is -0.373 e. The molecule has 0 aliphatic carbocycles. The molecule has 9 heavy (non-hydrogen) atoms. The van der Waals surface area contributed by atoms with Gasteiger partial charge in [0.1, 0.15) is 0 Å². The molecule has 2 heteroatoms. The van der Waals surface area contributed by atoms with Crippen LogP contribution in [0.25, 0.3) is 0 Å². The van der Waals surface area contributed by atoms with Crippen molar-refractivity contribution in [2.45, 2.75) is 6.92 Å². The van der Waals surface area contributed by atoms with Crippen molar-refractivity contribution in [1.82, 2.24) is 5.32 Å². The molecule has 0 aromatic rings. The van der Waals surface area contributed by atoms with Crippen LogP contribution in [-0.4, -0.2) is 12.9 Å². The van der Waals surface area contributed by atoms with Crippen LogP contribution in [0.3, 0.4) is 0 Å². The van der Waals surface area contributed by atoms with Gasteiger partial charge in [0, 0.05) is 6.54 Å². The lowest BCUT2D eigenvalue weighted by Gasteiger charge is -2.01. The van der Waals surface area contributed by atoms with Crippen LogP contribution in [0.15, 0.2) is 28.9 Å². The summed E-state index contributed by atoms with van der Waals surface area (Å²) in [6.45, 7) is 2.88. The van der Waals surface area contributed by atoms with Crippen LogP contribution in [-0.2, 0) is 0 Å². The van der Waals surface area contributed by atoms with Gasteiger partial charge in [-0.25, -0.2) is 4.99 Å². The molecule has 0 spiro atoms.